The van der Waals surface area contributed by atoms with Crippen molar-refractivity contribution >= 4 is 27.0 Å². The van der Waals surface area contributed by atoms with Gasteiger partial charge in [0.05, 0.1) is 22.2 Å². The van der Waals surface area contributed by atoms with E-state index >= 15 is 4.39 Å². The van der Waals surface area contributed by atoms with Crippen LogP contribution in [0.2, 0.25) is 0 Å². The zero-order valence-electron chi connectivity index (χ0n) is 16.7. The summed E-state index contributed by atoms with van der Waals surface area (Å²) in [6.45, 7) is 3.40. The molecule has 0 unspecified atom stereocenters. The molecule has 0 bridgehead atoms. The Morgan fingerprint density at radius 3 is 2.45 bits per heavy atom. The second kappa shape index (κ2) is 7.84. The summed E-state index contributed by atoms with van der Waals surface area (Å²) in [5.74, 6) is -1.16. The predicted molar refractivity (Wildman–Crippen MR) is 117 cm³/mol. The summed E-state index contributed by atoms with van der Waals surface area (Å²) in [6, 6.07) is 14.7. The molecule has 0 aliphatic heterocycles. The average molecular weight is 483 g/mol. The van der Waals surface area contributed by atoms with Gasteiger partial charge in [-0.25, -0.2) is 13.5 Å². The third-order valence-corrected chi connectivity index (χ3v) is 5.56. The molecule has 0 atom stereocenters. The van der Waals surface area contributed by atoms with E-state index in [4.69, 9.17) is 5.26 Å². The van der Waals surface area contributed by atoms with E-state index in [1.165, 1.54) is 16.8 Å². The first-order valence-corrected chi connectivity index (χ1v) is 10.2. The van der Waals surface area contributed by atoms with Crippen molar-refractivity contribution in [3.8, 4) is 28.3 Å². The van der Waals surface area contributed by atoms with Crippen LogP contribution in [0.15, 0.2) is 53.0 Å². The topological polar surface area (TPSA) is 74.7 Å². The molecule has 0 aliphatic carbocycles. The number of fused-ring (bicyclic) bond motifs is 1. The molecule has 1 heterocycles. The van der Waals surface area contributed by atoms with Crippen molar-refractivity contribution in [3.05, 3.63) is 70.2 Å². The van der Waals surface area contributed by atoms with E-state index in [0.29, 0.717) is 27.7 Å². The van der Waals surface area contributed by atoms with Crippen molar-refractivity contribution in [3.63, 3.8) is 0 Å². The SMILES string of the molecule is CC(C)(O)Cn1nnc2cc(-c3ccccc3-c3ccc(C#N)c(F)c3)c(F)c(Br)c21. The molecule has 8 heteroatoms. The molecule has 156 valence electrons. The first-order valence-electron chi connectivity index (χ1n) is 9.42. The van der Waals surface area contributed by atoms with Crippen LogP contribution in [0, 0.1) is 23.0 Å². The lowest BCUT2D eigenvalue weighted by Crippen LogP contribution is -2.26. The van der Waals surface area contributed by atoms with E-state index in [-0.39, 0.29) is 22.1 Å². The molecule has 0 fully saturated rings. The Labute approximate surface area is 185 Å². The van der Waals surface area contributed by atoms with Gasteiger partial charge in [-0.2, -0.15) is 5.26 Å². The lowest BCUT2D eigenvalue weighted by molar-refractivity contribution is 0.0584. The molecule has 1 aromatic heterocycles. The van der Waals surface area contributed by atoms with Crippen LogP contribution in [-0.4, -0.2) is 25.7 Å². The number of halogens is 3. The number of hydrogen-bond acceptors (Lipinski definition) is 4. The molecule has 0 saturated carbocycles. The number of hydrogen-bond donors (Lipinski definition) is 1. The van der Waals surface area contributed by atoms with Crippen LogP contribution >= 0.6 is 15.9 Å². The van der Waals surface area contributed by atoms with Crippen molar-refractivity contribution in [2.75, 3.05) is 0 Å². The average Bonchev–Trinajstić information content (AvgIpc) is 3.11. The number of benzene rings is 3. The van der Waals surface area contributed by atoms with Gasteiger partial charge in [0.25, 0.3) is 0 Å². The second-order valence-electron chi connectivity index (χ2n) is 7.83. The maximum absolute atomic E-state index is 15.5. The van der Waals surface area contributed by atoms with E-state index < -0.39 is 17.2 Å². The minimum absolute atomic E-state index is 0.0556. The Balaban J connectivity index is 1.90. The summed E-state index contributed by atoms with van der Waals surface area (Å²) in [4.78, 5) is 0. The molecule has 3 aromatic carbocycles. The zero-order valence-corrected chi connectivity index (χ0v) is 18.3. The maximum Gasteiger partial charge on any atom is 0.147 e. The van der Waals surface area contributed by atoms with Crippen molar-refractivity contribution in [1.82, 2.24) is 15.0 Å². The van der Waals surface area contributed by atoms with Crippen molar-refractivity contribution < 1.29 is 13.9 Å². The maximum atomic E-state index is 15.5. The summed E-state index contributed by atoms with van der Waals surface area (Å²) >= 11 is 3.32. The molecule has 5 nitrogen and oxygen atoms in total. The van der Waals surface area contributed by atoms with Gasteiger partial charge in [-0.05, 0) is 64.7 Å². The van der Waals surface area contributed by atoms with Crippen molar-refractivity contribution in [2.24, 2.45) is 0 Å². The lowest BCUT2D eigenvalue weighted by Gasteiger charge is -2.17. The molecule has 4 rings (SSSR count). The number of aliphatic hydroxyl groups is 1. The Bertz CT molecular complexity index is 1350. The van der Waals surface area contributed by atoms with Gasteiger partial charge in [-0.3, -0.25) is 0 Å². The lowest BCUT2D eigenvalue weighted by atomic mass is 9.93. The van der Waals surface area contributed by atoms with Crippen LogP contribution in [0.1, 0.15) is 19.4 Å². The summed E-state index contributed by atoms with van der Waals surface area (Å²) in [5, 5.41) is 27.3. The van der Waals surface area contributed by atoms with Crippen LogP contribution in [0.5, 0.6) is 0 Å². The summed E-state index contributed by atoms with van der Waals surface area (Å²) < 4.78 is 31.3. The fourth-order valence-electron chi connectivity index (χ4n) is 3.49. The minimum Gasteiger partial charge on any atom is -0.389 e. The van der Waals surface area contributed by atoms with Gasteiger partial charge in [0.15, 0.2) is 0 Å². The number of nitrogens with zero attached hydrogens (tertiary/aromatic N) is 4. The third-order valence-electron chi connectivity index (χ3n) is 4.83. The Kier molecular flexibility index (Phi) is 5.33. The van der Waals surface area contributed by atoms with E-state index in [1.54, 1.807) is 56.3 Å². The van der Waals surface area contributed by atoms with Gasteiger partial charge in [0, 0.05) is 5.56 Å². The Morgan fingerprint density at radius 2 is 1.81 bits per heavy atom. The highest BCUT2D eigenvalue weighted by atomic mass is 79.9. The highest BCUT2D eigenvalue weighted by molar-refractivity contribution is 9.10. The smallest absolute Gasteiger partial charge is 0.147 e. The summed E-state index contributed by atoms with van der Waals surface area (Å²) in [7, 11) is 0. The Morgan fingerprint density at radius 1 is 1.10 bits per heavy atom. The summed E-state index contributed by atoms with van der Waals surface area (Å²) in [6.07, 6.45) is 0. The molecule has 4 aromatic rings. The monoisotopic (exact) mass is 482 g/mol. The molecule has 0 amide bonds. The van der Waals surface area contributed by atoms with Gasteiger partial charge >= 0.3 is 0 Å². The van der Waals surface area contributed by atoms with Gasteiger partial charge in [-0.1, -0.05) is 35.5 Å². The minimum atomic E-state index is -1.05. The largest absolute Gasteiger partial charge is 0.389 e. The van der Waals surface area contributed by atoms with Crippen LogP contribution in [-0.2, 0) is 6.54 Å². The molecular formula is C23H17BrF2N4O. The zero-order chi connectivity index (χ0) is 22.3. The highest BCUT2D eigenvalue weighted by Crippen LogP contribution is 2.39. The number of aromatic nitrogens is 3. The van der Waals surface area contributed by atoms with E-state index in [1.807, 2.05) is 0 Å². The van der Waals surface area contributed by atoms with Crippen LogP contribution < -0.4 is 0 Å². The van der Waals surface area contributed by atoms with Gasteiger partial charge < -0.3 is 5.11 Å². The molecule has 0 spiro atoms. The first-order chi connectivity index (χ1) is 14.7. The fourth-order valence-corrected chi connectivity index (χ4v) is 4.11. The first kappa shape index (κ1) is 21.1. The van der Waals surface area contributed by atoms with Crippen LogP contribution in [0.25, 0.3) is 33.3 Å². The van der Waals surface area contributed by atoms with Crippen LogP contribution in [0.4, 0.5) is 8.78 Å². The predicted octanol–water partition coefficient (Wildman–Crippen LogP) is 5.45. The highest BCUT2D eigenvalue weighted by Gasteiger charge is 2.23. The fraction of sp³-hybridized carbons (Fsp3) is 0.174. The summed E-state index contributed by atoms with van der Waals surface area (Å²) in [5.41, 5.74) is 1.73. The molecule has 31 heavy (non-hydrogen) atoms. The van der Waals surface area contributed by atoms with Crippen LogP contribution in [0.3, 0.4) is 0 Å². The van der Waals surface area contributed by atoms with Crippen molar-refractivity contribution in [2.45, 2.75) is 26.0 Å². The van der Waals surface area contributed by atoms with Gasteiger partial charge in [0.1, 0.15) is 28.7 Å². The quantitative estimate of drug-likeness (QED) is 0.419. The van der Waals surface area contributed by atoms with E-state index in [0.717, 1.165) is 0 Å². The third kappa shape index (κ3) is 3.94. The van der Waals surface area contributed by atoms with E-state index in [2.05, 4.69) is 26.2 Å². The standard InChI is InChI=1S/C23H17BrF2N4O/c1-23(2,31)12-30-22-19(28-29-30)10-17(21(26)20(22)24)16-6-4-3-5-15(16)13-7-8-14(11-27)18(25)9-13/h3-10,31H,12H2,1-2H3. The molecule has 1 N–H and O–H groups in total. The van der Waals surface area contributed by atoms with E-state index in [9.17, 15) is 9.50 Å². The molecule has 0 aliphatic rings. The number of rotatable bonds is 4. The molecule has 0 saturated heterocycles. The normalized spacial score (nSPS) is 11.6. The van der Waals surface area contributed by atoms with Gasteiger partial charge in [-0.15, -0.1) is 5.10 Å². The second-order valence-corrected chi connectivity index (χ2v) is 8.62. The molecular weight excluding hydrogens is 466 g/mol. The van der Waals surface area contributed by atoms with Crippen molar-refractivity contribution in [1.29, 1.82) is 5.26 Å². The molecule has 0 radical (unpaired) electrons. The van der Waals surface area contributed by atoms with Gasteiger partial charge in [0.2, 0.25) is 0 Å². The Hall–Kier alpha value is -3.15. The number of nitriles is 1.